The summed E-state index contributed by atoms with van der Waals surface area (Å²) in [7, 11) is 0. The molecule has 1 aromatic heterocycles. The Bertz CT molecular complexity index is 426. The van der Waals surface area contributed by atoms with Crippen LogP contribution in [0.1, 0.15) is 33.5 Å². The van der Waals surface area contributed by atoms with Crippen LogP contribution < -0.4 is 5.32 Å². The summed E-state index contributed by atoms with van der Waals surface area (Å²) in [4.78, 5) is 5.08. The van der Waals surface area contributed by atoms with E-state index in [-0.39, 0.29) is 12.1 Å². The van der Waals surface area contributed by atoms with Crippen LogP contribution in [0.4, 0.5) is 0 Å². The third-order valence-electron chi connectivity index (χ3n) is 2.17. The van der Waals surface area contributed by atoms with E-state index < -0.39 is 6.10 Å². The van der Waals surface area contributed by atoms with Gasteiger partial charge in [0.2, 0.25) is 0 Å². The van der Waals surface area contributed by atoms with Crippen molar-refractivity contribution in [3.8, 4) is 0 Å². The molecule has 0 aliphatic heterocycles. The van der Waals surface area contributed by atoms with Crippen LogP contribution in [0, 0.1) is 0 Å². The van der Waals surface area contributed by atoms with E-state index in [2.05, 4.69) is 31.6 Å². The average Bonchev–Trinajstić information content (AvgIpc) is 2.72. The van der Waals surface area contributed by atoms with Gasteiger partial charge >= 0.3 is 0 Å². The molecule has 1 rings (SSSR count). The summed E-state index contributed by atoms with van der Waals surface area (Å²) >= 11 is 3.18. The maximum Gasteiger partial charge on any atom is 0.185 e. The Morgan fingerprint density at radius 1 is 1.63 bits per heavy atom. The van der Waals surface area contributed by atoms with E-state index >= 15 is 0 Å². The van der Waals surface area contributed by atoms with E-state index in [9.17, 15) is 5.11 Å². The largest absolute Gasteiger partial charge is 0.393 e. The summed E-state index contributed by atoms with van der Waals surface area (Å²) in [5.74, 6) is 0.522. The third kappa shape index (κ3) is 6.70. The highest BCUT2D eigenvalue weighted by Crippen LogP contribution is 2.10. The highest BCUT2D eigenvalue weighted by atomic mass is 79.9. The lowest BCUT2D eigenvalue weighted by Crippen LogP contribution is -2.42. The van der Waals surface area contributed by atoms with Crippen molar-refractivity contribution >= 4 is 21.6 Å². The van der Waals surface area contributed by atoms with Crippen molar-refractivity contribution < 1.29 is 14.5 Å². The standard InChI is InChI=1S/C12H20BrN3O3/c1-8(10-5-11(13)16-19-10)15-18-7-9(17)6-14-12(2,3)4/h5,9,14,17H,6-7H2,1-4H3/b15-8+. The Balaban J connectivity index is 2.33. The van der Waals surface area contributed by atoms with Crippen LogP contribution in [0.3, 0.4) is 0 Å². The van der Waals surface area contributed by atoms with Gasteiger partial charge < -0.3 is 19.8 Å². The number of β-amino-alcohol motifs (C(OH)–C–C–N with tert-alkyl or cyclic N) is 1. The second-order valence-corrected chi connectivity index (χ2v) is 6.08. The zero-order chi connectivity index (χ0) is 14.5. The minimum Gasteiger partial charge on any atom is -0.393 e. The Morgan fingerprint density at radius 2 is 2.32 bits per heavy atom. The molecule has 19 heavy (non-hydrogen) atoms. The summed E-state index contributed by atoms with van der Waals surface area (Å²) < 4.78 is 5.60. The second-order valence-electron chi connectivity index (χ2n) is 5.27. The Kier molecular flexibility index (Phi) is 5.96. The van der Waals surface area contributed by atoms with Crippen LogP contribution in [0.15, 0.2) is 20.3 Å². The molecule has 0 saturated carbocycles. The van der Waals surface area contributed by atoms with Crippen molar-refractivity contribution in [3.05, 3.63) is 16.4 Å². The quantitative estimate of drug-likeness (QED) is 0.614. The molecular weight excluding hydrogens is 314 g/mol. The number of rotatable bonds is 6. The number of aliphatic hydroxyl groups is 1. The molecule has 7 heteroatoms. The maximum atomic E-state index is 9.70. The van der Waals surface area contributed by atoms with Gasteiger partial charge in [0.05, 0.1) is 0 Å². The van der Waals surface area contributed by atoms with Crippen molar-refractivity contribution in [1.29, 1.82) is 0 Å². The molecule has 0 aliphatic rings. The lowest BCUT2D eigenvalue weighted by molar-refractivity contribution is 0.0371. The summed E-state index contributed by atoms with van der Waals surface area (Å²) in [5.41, 5.74) is 0.529. The first kappa shape index (κ1) is 16.1. The summed E-state index contributed by atoms with van der Waals surface area (Å²) in [5, 5.41) is 20.4. The van der Waals surface area contributed by atoms with E-state index in [1.807, 2.05) is 20.8 Å². The van der Waals surface area contributed by atoms with Crippen LogP contribution in [-0.2, 0) is 4.84 Å². The van der Waals surface area contributed by atoms with Gasteiger partial charge in [0.1, 0.15) is 23.0 Å². The smallest absolute Gasteiger partial charge is 0.185 e. The van der Waals surface area contributed by atoms with E-state index in [0.717, 1.165) is 0 Å². The predicted molar refractivity (Wildman–Crippen MR) is 76.1 cm³/mol. The molecule has 1 aromatic rings. The Hall–Kier alpha value is -0.920. The first-order chi connectivity index (χ1) is 8.78. The average molecular weight is 334 g/mol. The second kappa shape index (κ2) is 7.02. The van der Waals surface area contributed by atoms with Crippen LogP contribution in [0.25, 0.3) is 0 Å². The fraction of sp³-hybridized carbons (Fsp3) is 0.667. The number of aliphatic hydroxyl groups excluding tert-OH is 1. The molecule has 2 N–H and O–H groups in total. The third-order valence-corrected chi connectivity index (χ3v) is 2.55. The molecule has 0 radical (unpaired) electrons. The van der Waals surface area contributed by atoms with E-state index in [1.165, 1.54) is 0 Å². The molecule has 0 saturated heterocycles. The van der Waals surface area contributed by atoms with Gasteiger partial charge in [0, 0.05) is 18.2 Å². The maximum absolute atomic E-state index is 9.70. The van der Waals surface area contributed by atoms with Crippen molar-refractivity contribution in [3.63, 3.8) is 0 Å². The SMILES string of the molecule is C/C(=N\OCC(O)CNC(C)(C)C)c1cc(Br)no1. The minimum atomic E-state index is -0.614. The zero-order valence-corrected chi connectivity index (χ0v) is 13.2. The minimum absolute atomic E-state index is 0.0354. The van der Waals surface area contributed by atoms with Gasteiger partial charge in [0.25, 0.3) is 0 Å². The molecule has 0 aromatic carbocycles. The van der Waals surface area contributed by atoms with Gasteiger partial charge in [-0.1, -0.05) is 10.3 Å². The lowest BCUT2D eigenvalue weighted by atomic mass is 10.1. The molecule has 0 bridgehead atoms. The van der Waals surface area contributed by atoms with Gasteiger partial charge in [0.15, 0.2) is 5.76 Å². The first-order valence-corrected chi connectivity index (χ1v) is 6.79. The van der Waals surface area contributed by atoms with E-state index in [4.69, 9.17) is 9.36 Å². The molecule has 6 nitrogen and oxygen atoms in total. The Labute approximate surface area is 121 Å². The number of halogens is 1. The highest BCUT2D eigenvalue weighted by molar-refractivity contribution is 9.10. The number of nitrogens with zero attached hydrogens (tertiary/aromatic N) is 2. The van der Waals surface area contributed by atoms with E-state index in [0.29, 0.717) is 22.6 Å². The van der Waals surface area contributed by atoms with Gasteiger partial charge in [-0.2, -0.15) is 0 Å². The Morgan fingerprint density at radius 3 is 2.84 bits per heavy atom. The molecule has 1 heterocycles. The van der Waals surface area contributed by atoms with E-state index in [1.54, 1.807) is 13.0 Å². The van der Waals surface area contributed by atoms with Crippen LogP contribution in [-0.4, -0.2) is 40.8 Å². The monoisotopic (exact) mass is 333 g/mol. The number of nitrogens with one attached hydrogen (secondary N) is 1. The van der Waals surface area contributed by atoms with Gasteiger partial charge in [-0.15, -0.1) is 0 Å². The summed E-state index contributed by atoms with van der Waals surface area (Å²) in [6, 6.07) is 1.69. The molecule has 1 atom stereocenters. The fourth-order valence-electron chi connectivity index (χ4n) is 1.17. The molecule has 0 amide bonds. The van der Waals surface area contributed by atoms with Gasteiger partial charge in [-0.3, -0.25) is 0 Å². The predicted octanol–water partition coefficient (Wildman–Crippen LogP) is 1.93. The van der Waals surface area contributed by atoms with Crippen LogP contribution in [0.2, 0.25) is 0 Å². The molecule has 108 valence electrons. The number of oxime groups is 1. The molecule has 0 fully saturated rings. The van der Waals surface area contributed by atoms with Crippen molar-refractivity contribution in [2.45, 2.75) is 39.3 Å². The van der Waals surface area contributed by atoms with Gasteiger partial charge in [-0.05, 0) is 43.6 Å². The van der Waals surface area contributed by atoms with Crippen molar-refractivity contribution in [2.24, 2.45) is 5.16 Å². The molecular formula is C12H20BrN3O3. The van der Waals surface area contributed by atoms with Gasteiger partial charge in [-0.25, -0.2) is 0 Å². The topological polar surface area (TPSA) is 79.9 Å². The van der Waals surface area contributed by atoms with Crippen LogP contribution in [0.5, 0.6) is 0 Å². The number of hydrogen-bond acceptors (Lipinski definition) is 6. The molecule has 1 unspecified atom stereocenters. The fourth-order valence-corrected chi connectivity index (χ4v) is 1.45. The molecule has 0 aliphatic carbocycles. The van der Waals surface area contributed by atoms with Crippen LogP contribution >= 0.6 is 15.9 Å². The number of aromatic nitrogens is 1. The van der Waals surface area contributed by atoms with Crippen molar-refractivity contribution in [1.82, 2.24) is 10.5 Å². The van der Waals surface area contributed by atoms with Crippen molar-refractivity contribution in [2.75, 3.05) is 13.2 Å². The lowest BCUT2D eigenvalue weighted by Gasteiger charge is -2.22. The first-order valence-electron chi connectivity index (χ1n) is 6.00. The number of hydrogen-bond donors (Lipinski definition) is 2. The summed E-state index contributed by atoms with van der Waals surface area (Å²) in [6.07, 6.45) is -0.614. The normalized spacial score (nSPS) is 14.5. The zero-order valence-electron chi connectivity index (χ0n) is 11.6. The highest BCUT2D eigenvalue weighted by Gasteiger charge is 2.12. The summed E-state index contributed by atoms with van der Waals surface area (Å²) in [6.45, 7) is 8.41. The molecule has 0 spiro atoms.